The number of halogens is 1. The van der Waals surface area contributed by atoms with Crippen molar-refractivity contribution in [2.75, 3.05) is 13.2 Å². The molecule has 0 unspecified atom stereocenters. The maximum absolute atomic E-state index is 12.7. The van der Waals surface area contributed by atoms with Crippen molar-refractivity contribution >= 4 is 33.0 Å². The fraction of sp³-hybridized carbons (Fsp3) is 0.333. The first-order chi connectivity index (χ1) is 13.4. The summed E-state index contributed by atoms with van der Waals surface area (Å²) in [5, 5.41) is 4.54. The maximum Gasteiger partial charge on any atom is 0.268 e. The summed E-state index contributed by atoms with van der Waals surface area (Å²) in [6.07, 6.45) is 1.76. The number of hydrogen-bond acceptors (Lipinski definition) is 7. The highest BCUT2D eigenvalue weighted by Crippen LogP contribution is 2.33. The summed E-state index contributed by atoms with van der Waals surface area (Å²) in [4.78, 5) is 5.84. The molecular formula is C18H18ClN3O4S2. The van der Waals surface area contributed by atoms with Crippen LogP contribution < -0.4 is 4.72 Å². The summed E-state index contributed by atoms with van der Waals surface area (Å²) in [6.45, 7) is 2.70. The van der Waals surface area contributed by atoms with Crippen LogP contribution in [0.1, 0.15) is 17.7 Å². The molecule has 1 N–H and O–H groups in total. The van der Waals surface area contributed by atoms with E-state index in [-0.39, 0.29) is 23.4 Å². The molecule has 1 aliphatic heterocycles. The van der Waals surface area contributed by atoms with Crippen LogP contribution in [0, 0.1) is 6.92 Å². The molecule has 0 amide bonds. The normalized spacial score (nSPS) is 17.3. The van der Waals surface area contributed by atoms with Crippen molar-refractivity contribution in [3.63, 3.8) is 0 Å². The number of aromatic nitrogens is 2. The van der Waals surface area contributed by atoms with Crippen molar-refractivity contribution in [2.24, 2.45) is 0 Å². The lowest BCUT2D eigenvalue weighted by Gasteiger charge is -2.11. The number of rotatable bonds is 6. The maximum atomic E-state index is 12.7. The van der Waals surface area contributed by atoms with Gasteiger partial charge in [-0.05, 0) is 38.0 Å². The van der Waals surface area contributed by atoms with Crippen LogP contribution in [-0.2, 0) is 14.8 Å². The van der Waals surface area contributed by atoms with Crippen LogP contribution >= 0.6 is 22.9 Å². The Labute approximate surface area is 171 Å². The Kier molecular flexibility index (Phi) is 5.52. The topological polar surface area (TPSA) is 94.3 Å². The molecule has 1 atom stereocenters. The fourth-order valence-corrected chi connectivity index (χ4v) is 5.76. The molecule has 1 aliphatic rings. The average Bonchev–Trinajstić information content (AvgIpc) is 3.40. The number of sulfonamides is 1. The minimum absolute atomic E-state index is 0.0654. The summed E-state index contributed by atoms with van der Waals surface area (Å²) < 4.78 is 38.8. The summed E-state index contributed by atoms with van der Waals surface area (Å²) >= 11 is 7.29. The minimum Gasteiger partial charge on any atom is -0.377 e. The Balaban J connectivity index is 1.56. The summed E-state index contributed by atoms with van der Waals surface area (Å²) in [7, 11) is -3.64. The van der Waals surface area contributed by atoms with Crippen LogP contribution in [0.2, 0.25) is 5.02 Å². The van der Waals surface area contributed by atoms with E-state index in [1.807, 2.05) is 6.07 Å². The van der Waals surface area contributed by atoms with Gasteiger partial charge in [-0.1, -0.05) is 28.9 Å². The lowest BCUT2D eigenvalue weighted by Crippen LogP contribution is -2.31. The summed E-state index contributed by atoms with van der Waals surface area (Å²) in [5.74, 6) is 0.660. The molecule has 1 saturated heterocycles. The number of benzene rings is 1. The summed E-state index contributed by atoms with van der Waals surface area (Å²) in [6, 6.07) is 8.68. The third-order valence-corrected chi connectivity index (χ3v) is 7.36. The Morgan fingerprint density at radius 2 is 2.21 bits per heavy atom. The van der Waals surface area contributed by atoms with Gasteiger partial charge in [0.1, 0.15) is 0 Å². The van der Waals surface area contributed by atoms with Gasteiger partial charge in [0, 0.05) is 28.6 Å². The van der Waals surface area contributed by atoms with Gasteiger partial charge in [-0.25, -0.2) is 13.1 Å². The minimum atomic E-state index is -3.64. The standard InChI is InChI=1S/C18H18ClN3O4S2/c1-11-16(28(23,24)20-10-14-6-3-7-25-14)9-15(27-11)18-21-17(22-26-18)12-4-2-5-13(19)8-12/h2,4-5,8-9,14,20H,3,6-7,10H2,1H3/t14-/m0/s1. The molecule has 0 aliphatic carbocycles. The number of thiophene rings is 1. The van der Waals surface area contributed by atoms with Crippen LogP contribution in [0.3, 0.4) is 0 Å². The van der Waals surface area contributed by atoms with Crippen molar-refractivity contribution in [3.05, 3.63) is 40.2 Å². The molecular weight excluding hydrogens is 422 g/mol. The SMILES string of the molecule is Cc1sc(-c2nc(-c3cccc(Cl)c3)no2)cc1S(=O)(=O)NC[C@@H]1CCCO1. The zero-order valence-corrected chi connectivity index (χ0v) is 17.4. The van der Waals surface area contributed by atoms with Crippen LogP contribution in [-0.4, -0.2) is 37.8 Å². The molecule has 0 bridgehead atoms. The molecule has 7 nitrogen and oxygen atoms in total. The Hall–Kier alpha value is -1.78. The van der Waals surface area contributed by atoms with E-state index in [0.29, 0.717) is 27.2 Å². The molecule has 1 aromatic carbocycles. The highest BCUT2D eigenvalue weighted by atomic mass is 35.5. The predicted octanol–water partition coefficient (Wildman–Crippen LogP) is 3.88. The van der Waals surface area contributed by atoms with Crippen molar-refractivity contribution in [2.45, 2.75) is 30.8 Å². The second-order valence-electron chi connectivity index (χ2n) is 6.45. The zero-order valence-electron chi connectivity index (χ0n) is 15.0. The zero-order chi connectivity index (χ0) is 19.7. The monoisotopic (exact) mass is 439 g/mol. The predicted molar refractivity (Wildman–Crippen MR) is 107 cm³/mol. The van der Waals surface area contributed by atoms with Crippen molar-refractivity contribution in [3.8, 4) is 22.2 Å². The van der Waals surface area contributed by atoms with E-state index in [1.165, 1.54) is 11.3 Å². The van der Waals surface area contributed by atoms with Crippen LogP contribution in [0.5, 0.6) is 0 Å². The van der Waals surface area contributed by atoms with Gasteiger partial charge in [-0.2, -0.15) is 4.98 Å². The molecule has 0 radical (unpaired) electrons. The number of ether oxygens (including phenoxy) is 1. The van der Waals surface area contributed by atoms with Gasteiger partial charge in [0.05, 0.1) is 15.9 Å². The van der Waals surface area contributed by atoms with Gasteiger partial charge in [0.15, 0.2) is 0 Å². The molecule has 0 saturated carbocycles. The number of nitrogens with one attached hydrogen (secondary N) is 1. The lowest BCUT2D eigenvalue weighted by atomic mass is 10.2. The summed E-state index contributed by atoms with van der Waals surface area (Å²) in [5.41, 5.74) is 0.724. The molecule has 28 heavy (non-hydrogen) atoms. The number of nitrogens with zero attached hydrogens (tertiary/aromatic N) is 2. The van der Waals surface area contributed by atoms with E-state index in [0.717, 1.165) is 18.4 Å². The highest BCUT2D eigenvalue weighted by molar-refractivity contribution is 7.89. The molecule has 3 aromatic rings. The quantitative estimate of drug-likeness (QED) is 0.626. The Morgan fingerprint density at radius 3 is 2.96 bits per heavy atom. The average molecular weight is 440 g/mol. The smallest absolute Gasteiger partial charge is 0.268 e. The molecule has 2 aromatic heterocycles. The van der Waals surface area contributed by atoms with Crippen LogP contribution in [0.15, 0.2) is 39.8 Å². The third-order valence-electron chi connectivity index (χ3n) is 4.41. The molecule has 1 fully saturated rings. The molecule has 3 heterocycles. The van der Waals surface area contributed by atoms with E-state index in [4.69, 9.17) is 20.9 Å². The first-order valence-corrected chi connectivity index (χ1v) is 11.4. The van der Waals surface area contributed by atoms with E-state index in [1.54, 1.807) is 31.2 Å². The molecule has 0 spiro atoms. The fourth-order valence-electron chi connectivity index (χ4n) is 2.99. The second-order valence-corrected chi connectivity index (χ2v) is 9.88. The van der Waals surface area contributed by atoms with Gasteiger partial charge >= 0.3 is 0 Å². The third kappa shape index (κ3) is 4.13. The van der Waals surface area contributed by atoms with E-state index in [2.05, 4.69) is 14.9 Å². The lowest BCUT2D eigenvalue weighted by molar-refractivity contribution is 0.114. The van der Waals surface area contributed by atoms with Gasteiger partial charge in [-0.3, -0.25) is 0 Å². The molecule has 4 rings (SSSR count). The van der Waals surface area contributed by atoms with Gasteiger partial charge < -0.3 is 9.26 Å². The van der Waals surface area contributed by atoms with Crippen molar-refractivity contribution in [1.82, 2.24) is 14.9 Å². The Morgan fingerprint density at radius 1 is 1.36 bits per heavy atom. The van der Waals surface area contributed by atoms with E-state index < -0.39 is 10.0 Å². The van der Waals surface area contributed by atoms with Gasteiger partial charge in [0.2, 0.25) is 15.8 Å². The number of hydrogen-bond donors (Lipinski definition) is 1. The Bertz CT molecular complexity index is 1090. The van der Waals surface area contributed by atoms with Crippen LogP contribution in [0.25, 0.3) is 22.2 Å². The second kappa shape index (κ2) is 7.92. The van der Waals surface area contributed by atoms with Crippen LogP contribution in [0.4, 0.5) is 0 Å². The first-order valence-electron chi connectivity index (χ1n) is 8.74. The molecule has 10 heteroatoms. The number of aryl methyl sites for hydroxylation is 1. The van der Waals surface area contributed by atoms with E-state index in [9.17, 15) is 8.42 Å². The van der Waals surface area contributed by atoms with Gasteiger partial charge in [-0.15, -0.1) is 11.3 Å². The van der Waals surface area contributed by atoms with E-state index >= 15 is 0 Å². The molecule has 148 valence electrons. The van der Waals surface area contributed by atoms with Crippen molar-refractivity contribution < 1.29 is 17.7 Å². The van der Waals surface area contributed by atoms with Gasteiger partial charge in [0.25, 0.3) is 5.89 Å². The van der Waals surface area contributed by atoms with Crippen molar-refractivity contribution in [1.29, 1.82) is 0 Å². The largest absolute Gasteiger partial charge is 0.377 e. The first kappa shape index (κ1) is 19.5. The highest BCUT2D eigenvalue weighted by Gasteiger charge is 2.25.